The molecule has 1 N–H and O–H groups in total. The van der Waals surface area contributed by atoms with Crippen LogP contribution >= 0.6 is 11.6 Å². The molecule has 1 aliphatic carbocycles. The van der Waals surface area contributed by atoms with Gasteiger partial charge in [0.15, 0.2) is 5.82 Å². The fourth-order valence-corrected chi connectivity index (χ4v) is 2.61. The zero-order chi connectivity index (χ0) is 16.5. The molecule has 0 saturated heterocycles. The lowest BCUT2D eigenvalue weighted by atomic mass is 10.2. The molecule has 2 heterocycles. The van der Waals surface area contributed by atoms with E-state index in [1.165, 1.54) is 6.20 Å². The highest BCUT2D eigenvalue weighted by Gasteiger charge is 2.28. The van der Waals surface area contributed by atoms with Gasteiger partial charge in [-0.15, -0.1) is 5.10 Å². The highest BCUT2D eigenvalue weighted by Crippen LogP contribution is 2.36. The first-order chi connectivity index (χ1) is 11.7. The summed E-state index contributed by atoms with van der Waals surface area (Å²) in [6.45, 7) is 0. The molecule has 120 valence electrons. The number of hydrogen-bond acceptors (Lipinski definition) is 5. The second-order valence-electron chi connectivity index (χ2n) is 5.55. The number of hydrogen-bond donors (Lipinski definition) is 1. The number of tetrazole rings is 1. The van der Waals surface area contributed by atoms with E-state index < -0.39 is 0 Å². The highest BCUT2D eigenvalue weighted by molar-refractivity contribution is 6.33. The van der Waals surface area contributed by atoms with Gasteiger partial charge in [-0.3, -0.25) is 4.79 Å². The number of nitrogens with zero attached hydrogens (tertiary/aromatic N) is 5. The second kappa shape index (κ2) is 6.01. The van der Waals surface area contributed by atoms with Crippen molar-refractivity contribution in [3.05, 3.63) is 53.3 Å². The lowest BCUT2D eigenvalue weighted by molar-refractivity contribution is 0.102. The van der Waals surface area contributed by atoms with Gasteiger partial charge in [0.2, 0.25) is 0 Å². The zero-order valence-electron chi connectivity index (χ0n) is 12.6. The summed E-state index contributed by atoms with van der Waals surface area (Å²) in [7, 11) is 0. The average molecular weight is 341 g/mol. The molecule has 0 atom stereocenters. The summed E-state index contributed by atoms with van der Waals surface area (Å²) in [5.41, 5.74) is 1.90. The molecule has 0 radical (unpaired) electrons. The van der Waals surface area contributed by atoms with Gasteiger partial charge < -0.3 is 5.32 Å². The van der Waals surface area contributed by atoms with E-state index in [1.807, 2.05) is 28.9 Å². The van der Waals surface area contributed by atoms with Crippen LogP contribution in [0.4, 0.5) is 5.69 Å². The second-order valence-corrected chi connectivity index (χ2v) is 5.91. The number of halogens is 1. The average Bonchev–Trinajstić information content (AvgIpc) is 3.33. The Balaban J connectivity index is 1.53. The topological polar surface area (TPSA) is 85.6 Å². The van der Waals surface area contributed by atoms with Gasteiger partial charge in [-0.05, 0) is 59.7 Å². The molecular formula is C16H13ClN6O. The number of rotatable bonds is 4. The van der Waals surface area contributed by atoms with E-state index in [0.717, 1.165) is 24.2 Å². The van der Waals surface area contributed by atoms with E-state index >= 15 is 0 Å². The third-order valence-corrected chi connectivity index (χ3v) is 4.09. The van der Waals surface area contributed by atoms with Gasteiger partial charge in [0.1, 0.15) is 5.15 Å². The standard InChI is InChI=1S/C16H13ClN6O/c17-14-13(2-1-9-18-14)16(24)19-11-5-3-10(4-6-11)15-20-21-22-23(15)12-7-8-12/h1-6,9,12H,7-8H2,(H,19,24). The lowest BCUT2D eigenvalue weighted by Crippen LogP contribution is -2.12. The maximum Gasteiger partial charge on any atom is 0.258 e. The number of anilines is 1. The molecule has 1 aliphatic rings. The molecule has 0 aliphatic heterocycles. The van der Waals surface area contributed by atoms with Crippen molar-refractivity contribution in [1.29, 1.82) is 0 Å². The van der Waals surface area contributed by atoms with E-state index in [-0.39, 0.29) is 11.1 Å². The van der Waals surface area contributed by atoms with Crippen LogP contribution in [0.15, 0.2) is 42.6 Å². The fraction of sp³-hybridized carbons (Fsp3) is 0.188. The van der Waals surface area contributed by atoms with Crippen LogP contribution in [0.2, 0.25) is 5.15 Å². The van der Waals surface area contributed by atoms with E-state index in [9.17, 15) is 4.79 Å². The molecule has 1 saturated carbocycles. The Morgan fingerprint density at radius 3 is 2.71 bits per heavy atom. The van der Waals surface area contributed by atoms with Crippen molar-refractivity contribution < 1.29 is 4.79 Å². The Labute approximate surface area is 142 Å². The van der Waals surface area contributed by atoms with Gasteiger partial charge >= 0.3 is 0 Å². The molecule has 0 bridgehead atoms. The van der Waals surface area contributed by atoms with E-state index in [2.05, 4.69) is 25.8 Å². The SMILES string of the molecule is O=C(Nc1ccc(-c2nnnn2C2CC2)cc1)c1cccnc1Cl. The van der Waals surface area contributed by atoms with Crippen molar-refractivity contribution >= 4 is 23.2 Å². The molecule has 0 spiro atoms. The van der Waals surface area contributed by atoms with Crippen molar-refractivity contribution in [1.82, 2.24) is 25.2 Å². The lowest BCUT2D eigenvalue weighted by Gasteiger charge is -2.07. The predicted molar refractivity (Wildman–Crippen MR) is 88.7 cm³/mol. The smallest absolute Gasteiger partial charge is 0.258 e. The monoisotopic (exact) mass is 340 g/mol. The van der Waals surface area contributed by atoms with Crippen molar-refractivity contribution in [2.24, 2.45) is 0 Å². The third kappa shape index (κ3) is 2.85. The third-order valence-electron chi connectivity index (χ3n) is 3.79. The molecule has 1 amide bonds. The van der Waals surface area contributed by atoms with Crippen LogP contribution in [0, 0.1) is 0 Å². The number of nitrogens with one attached hydrogen (secondary N) is 1. The van der Waals surface area contributed by atoms with Crippen molar-refractivity contribution in [2.45, 2.75) is 18.9 Å². The molecule has 3 aromatic rings. The Kier molecular flexibility index (Phi) is 3.70. The first-order valence-corrected chi connectivity index (χ1v) is 7.90. The van der Waals surface area contributed by atoms with Gasteiger partial charge in [0.25, 0.3) is 5.91 Å². The molecule has 7 nitrogen and oxygen atoms in total. The summed E-state index contributed by atoms with van der Waals surface area (Å²) in [5.74, 6) is 0.439. The number of carbonyl (C=O) groups is 1. The zero-order valence-corrected chi connectivity index (χ0v) is 13.3. The fourth-order valence-electron chi connectivity index (χ4n) is 2.41. The molecule has 1 aromatic carbocycles. The summed E-state index contributed by atoms with van der Waals surface area (Å²) in [5, 5.41) is 14.9. The summed E-state index contributed by atoms with van der Waals surface area (Å²) in [4.78, 5) is 16.1. The molecule has 8 heteroatoms. The molecule has 4 rings (SSSR count). The van der Waals surface area contributed by atoms with Crippen molar-refractivity contribution in [2.75, 3.05) is 5.32 Å². The number of aromatic nitrogens is 5. The van der Waals surface area contributed by atoms with Crippen LogP contribution in [0.3, 0.4) is 0 Å². The van der Waals surface area contributed by atoms with Crippen LogP contribution in [0.1, 0.15) is 29.2 Å². The Morgan fingerprint density at radius 2 is 2.00 bits per heavy atom. The highest BCUT2D eigenvalue weighted by atomic mass is 35.5. The molecule has 0 unspecified atom stereocenters. The Hall–Kier alpha value is -2.80. The number of carbonyl (C=O) groups excluding carboxylic acids is 1. The van der Waals surface area contributed by atoms with Gasteiger partial charge in [-0.25, -0.2) is 9.67 Å². The number of amides is 1. The van der Waals surface area contributed by atoms with Crippen molar-refractivity contribution in [3.8, 4) is 11.4 Å². The summed E-state index contributed by atoms with van der Waals surface area (Å²) in [6, 6.07) is 11.1. The Bertz CT molecular complexity index is 888. The van der Waals surface area contributed by atoms with Gasteiger partial charge in [0.05, 0.1) is 11.6 Å². The van der Waals surface area contributed by atoms with Crippen LogP contribution < -0.4 is 5.32 Å². The first-order valence-electron chi connectivity index (χ1n) is 7.52. The summed E-state index contributed by atoms with van der Waals surface area (Å²) >= 11 is 5.93. The van der Waals surface area contributed by atoms with Crippen LogP contribution in [-0.4, -0.2) is 31.1 Å². The van der Waals surface area contributed by atoms with Crippen LogP contribution in [0.25, 0.3) is 11.4 Å². The largest absolute Gasteiger partial charge is 0.322 e. The van der Waals surface area contributed by atoms with Gasteiger partial charge in [-0.1, -0.05) is 11.6 Å². The summed E-state index contributed by atoms with van der Waals surface area (Å²) < 4.78 is 1.85. The summed E-state index contributed by atoms with van der Waals surface area (Å²) in [6.07, 6.45) is 3.76. The van der Waals surface area contributed by atoms with Crippen LogP contribution in [-0.2, 0) is 0 Å². The first kappa shape index (κ1) is 14.8. The quantitative estimate of drug-likeness (QED) is 0.738. The van der Waals surface area contributed by atoms with Crippen LogP contribution in [0.5, 0.6) is 0 Å². The minimum Gasteiger partial charge on any atom is -0.322 e. The number of pyridine rings is 1. The number of benzene rings is 1. The molecular weight excluding hydrogens is 328 g/mol. The molecule has 1 fully saturated rings. The maximum atomic E-state index is 12.2. The normalized spacial score (nSPS) is 13.7. The predicted octanol–water partition coefficient (Wildman–Crippen LogP) is 2.98. The van der Waals surface area contributed by atoms with E-state index in [1.54, 1.807) is 12.1 Å². The van der Waals surface area contributed by atoms with E-state index in [0.29, 0.717) is 17.3 Å². The minimum absolute atomic E-state index is 0.176. The molecule has 2 aromatic heterocycles. The van der Waals surface area contributed by atoms with E-state index in [4.69, 9.17) is 11.6 Å². The van der Waals surface area contributed by atoms with Gasteiger partial charge in [-0.2, -0.15) is 0 Å². The Morgan fingerprint density at radius 1 is 1.21 bits per heavy atom. The van der Waals surface area contributed by atoms with Gasteiger partial charge in [0, 0.05) is 17.4 Å². The van der Waals surface area contributed by atoms with Crippen molar-refractivity contribution in [3.63, 3.8) is 0 Å². The molecule has 24 heavy (non-hydrogen) atoms. The maximum absolute atomic E-state index is 12.2. The minimum atomic E-state index is -0.302.